The summed E-state index contributed by atoms with van der Waals surface area (Å²) >= 11 is 0. The van der Waals surface area contributed by atoms with Gasteiger partial charge in [0.1, 0.15) is 24.4 Å². The Bertz CT molecular complexity index is 341. The van der Waals surface area contributed by atoms with Crippen LogP contribution in [0.5, 0.6) is 0 Å². The zero-order valence-corrected chi connectivity index (χ0v) is 11.1. The Morgan fingerprint density at radius 1 is 0.833 bits per heavy atom. The number of ether oxygens (including phenoxy) is 5. The van der Waals surface area contributed by atoms with Gasteiger partial charge in [0.15, 0.2) is 17.9 Å². The highest BCUT2D eigenvalue weighted by Crippen LogP contribution is 2.43. The van der Waals surface area contributed by atoms with Gasteiger partial charge in [-0.05, 0) is 27.7 Å². The summed E-state index contributed by atoms with van der Waals surface area (Å²) in [5.74, 6) is -1.41. The smallest absolute Gasteiger partial charge is 0.190 e. The van der Waals surface area contributed by atoms with E-state index >= 15 is 0 Å². The lowest BCUT2D eigenvalue weighted by molar-refractivity contribution is -0.240. The van der Waals surface area contributed by atoms with Crippen molar-refractivity contribution >= 4 is 0 Å². The van der Waals surface area contributed by atoms with Crippen molar-refractivity contribution in [3.05, 3.63) is 0 Å². The Morgan fingerprint density at radius 3 is 2.06 bits per heavy atom. The molecule has 3 rings (SSSR count). The summed E-state index contributed by atoms with van der Waals surface area (Å²) in [5, 5.41) is 9.40. The second-order valence-corrected chi connectivity index (χ2v) is 5.89. The van der Waals surface area contributed by atoms with E-state index in [1.54, 1.807) is 0 Å². The van der Waals surface area contributed by atoms with E-state index in [4.69, 9.17) is 23.7 Å². The van der Waals surface area contributed by atoms with Crippen molar-refractivity contribution in [1.82, 2.24) is 0 Å². The SMILES string of the molecule is CC1(C)O[C@H]2OC(CO)[C@@H]3OC(C)(C)O[C@@H]3[C@@H]2O1. The van der Waals surface area contributed by atoms with Gasteiger partial charge in [-0.25, -0.2) is 0 Å². The molecule has 0 spiro atoms. The Hall–Kier alpha value is -0.240. The van der Waals surface area contributed by atoms with Gasteiger partial charge < -0.3 is 28.8 Å². The molecular formula is C12H20O6. The van der Waals surface area contributed by atoms with Crippen molar-refractivity contribution in [2.45, 2.75) is 70.0 Å². The summed E-state index contributed by atoms with van der Waals surface area (Å²) in [7, 11) is 0. The van der Waals surface area contributed by atoms with Crippen LogP contribution in [0, 0.1) is 0 Å². The molecule has 0 radical (unpaired) electrons. The first kappa shape index (κ1) is 12.8. The molecule has 5 atom stereocenters. The molecule has 6 nitrogen and oxygen atoms in total. The standard InChI is InChI=1S/C12H20O6/c1-11(2)15-7-6(5-13)14-10-9(8(7)16-11)17-12(3,4)18-10/h6-10,13H,5H2,1-4H3/t6?,7-,8-,9-,10+/m0/s1. The fraction of sp³-hybridized carbons (Fsp3) is 1.00. The van der Waals surface area contributed by atoms with Crippen LogP contribution in [0.25, 0.3) is 0 Å². The summed E-state index contributed by atoms with van der Waals surface area (Å²) in [6.07, 6.45) is -1.90. The number of hydrogen-bond donors (Lipinski definition) is 1. The van der Waals surface area contributed by atoms with Gasteiger partial charge >= 0.3 is 0 Å². The zero-order chi connectivity index (χ0) is 13.1. The average Bonchev–Trinajstić information content (AvgIpc) is 2.71. The topological polar surface area (TPSA) is 66.4 Å². The van der Waals surface area contributed by atoms with Crippen LogP contribution in [0.2, 0.25) is 0 Å². The van der Waals surface area contributed by atoms with E-state index in [-0.39, 0.29) is 24.9 Å². The molecule has 18 heavy (non-hydrogen) atoms. The average molecular weight is 260 g/mol. The zero-order valence-electron chi connectivity index (χ0n) is 11.1. The van der Waals surface area contributed by atoms with Crippen LogP contribution >= 0.6 is 0 Å². The van der Waals surface area contributed by atoms with E-state index in [1.807, 2.05) is 27.7 Å². The van der Waals surface area contributed by atoms with Gasteiger partial charge in [0, 0.05) is 0 Å². The molecule has 0 bridgehead atoms. The molecule has 0 aromatic carbocycles. The van der Waals surface area contributed by atoms with Gasteiger partial charge in [-0.2, -0.15) is 0 Å². The fourth-order valence-corrected chi connectivity index (χ4v) is 2.84. The van der Waals surface area contributed by atoms with Crippen LogP contribution in [0.3, 0.4) is 0 Å². The maximum atomic E-state index is 9.40. The van der Waals surface area contributed by atoms with Gasteiger partial charge in [0.05, 0.1) is 6.61 Å². The van der Waals surface area contributed by atoms with E-state index < -0.39 is 24.0 Å². The van der Waals surface area contributed by atoms with E-state index in [0.717, 1.165) is 0 Å². The lowest BCUT2D eigenvalue weighted by Crippen LogP contribution is -2.56. The van der Waals surface area contributed by atoms with Crippen molar-refractivity contribution in [2.75, 3.05) is 6.61 Å². The Labute approximate surface area is 106 Å². The fourth-order valence-electron chi connectivity index (χ4n) is 2.84. The molecule has 6 heteroatoms. The molecule has 104 valence electrons. The first-order valence-corrected chi connectivity index (χ1v) is 6.29. The highest BCUT2D eigenvalue weighted by atomic mass is 16.9. The van der Waals surface area contributed by atoms with Crippen LogP contribution in [-0.4, -0.2) is 54.0 Å². The van der Waals surface area contributed by atoms with Crippen LogP contribution < -0.4 is 0 Å². The van der Waals surface area contributed by atoms with Gasteiger partial charge in [-0.1, -0.05) is 0 Å². The van der Waals surface area contributed by atoms with E-state index in [2.05, 4.69) is 0 Å². The van der Waals surface area contributed by atoms with E-state index in [0.29, 0.717) is 0 Å². The molecule has 0 aromatic rings. The minimum atomic E-state index is -0.708. The van der Waals surface area contributed by atoms with Crippen molar-refractivity contribution < 1.29 is 28.8 Å². The monoisotopic (exact) mass is 260 g/mol. The Morgan fingerprint density at radius 2 is 1.39 bits per heavy atom. The highest BCUT2D eigenvalue weighted by Gasteiger charge is 2.60. The highest BCUT2D eigenvalue weighted by molar-refractivity contribution is 4.99. The molecule has 0 aromatic heterocycles. The molecular weight excluding hydrogens is 240 g/mol. The third-order valence-electron chi connectivity index (χ3n) is 3.43. The van der Waals surface area contributed by atoms with E-state index in [1.165, 1.54) is 0 Å². The second-order valence-electron chi connectivity index (χ2n) is 5.89. The molecule has 0 saturated carbocycles. The number of aliphatic hydroxyl groups is 1. The molecule has 3 saturated heterocycles. The number of rotatable bonds is 1. The van der Waals surface area contributed by atoms with Crippen LogP contribution in [0.1, 0.15) is 27.7 Å². The van der Waals surface area contributed by atoms with Crippen molar-refractivity contribution in [3.63, 3.8) is 0 Å². The van der Waals surface area contributed by atoms with Crippen molar-refractivity contribution in [3.8, 4) is 0 Å². The Kier molecular flexibility index (Phi) is 2.75. The maximum Gasteiger partial charge on any atom is 0.190 e. The van der Waals surface area contributed by atoms with Crippen molar-refractivity contribution in [2.24, 2.45) is 0 Å². The number of aliphatic hydroxyl groups excluding tert-OH is 1. The van der Waals surface area contributed by atoms with Gasteiger partial charge in [0.2, 0.25) is 0 Å². The van der Waals surface area contributed by atoms with Gasteiger partial charge in [-0.15, -0.1) is 0 Å². The minimum Gasteiger partial charge on any atom is -0.394 e. The van der Waals surface area contributed by atoms with Crippen LogP contribution in [-0.2, 0) is 23.7 Å². The third-order valence-corrected chi connectivity index (χ3v) is 3.43. The first-order chi connectivity index (χ1) is 8.31. The quantitative estimate of drug-likeness (QED) is 0.735. The molecule has 3 fully saturated rings. The molecule has 1 unspecified atom stereocenters. The Balaban J connectivity index is 1.86. The second kappa shape index (κ2) is 3.88. The molecule has 0 aliphatic carbocycles. The number of fused-ring (bicyclic) bond motifs is 3. The largest absolute Gasteiger partial charge is 0.394 e. The molecule has 3 aliphatic heterocycles. The summed E-state index contributed by atoms with van der Waals surface area (Å²) < 4.78 is 28.9. The molecule has 3 heterocycles. The predicted molar refractivity (Wildman–Crippen MR) is 59.6 cm³/mol. The number of hydrogen-bond acceptors (Lipinski definition) is 6. The normalized spacial score (nSPS) is 48.8. The maximum absolute atomic E-state index is 9.40. The predicted octanol–water partition coefficient (Wildman–Crippen LogP) is 0.375. The molecule has 3 aliphatic rings. The van der Waals surface area contributed by atoms with Crippen LogP contribution in [0.4, 0.5) is 0 Å². The molecule has 0 amide bonds. The molecule has 1 N–H and O–H groups in total. The van der Waals surface area contributed by atoms with Gasteiger partial charge in [-0.3, -0.25) is 0 Å². The third kappa shape index (κ3) is 1.97. The summed E-state index contributed by atoms with van der Waals surface area (Å²) in [4.78, 5) is 0. The minimum absolute atomic E-state index is 0.131. The van der Waals surface area contributed by atoms with Gasteiger partial charge in [0.25, 0.3) is 0 Å². The lowest BCUT2D eigenvalue weighted by Gasteiger charge is -2.36. The van der Waals surface area contributed by atoms with Crippen LogP contribution in [0.15, 0.2) is 0 Å². The van der Waals surface area contributed by atoms with Crippen molar-refractivity contribution in [1.29, 1.82) is 0 Å². The van der Waals surface area contributed by atoms with E-state index in [9.17, 15) is 5.11 Å². The first-order valence-electron chi connectivity index (χ1n) is 6.29. The lowest BCUT2D eigenvalue weighted by atomic mass is 9.99. The summed E-state index contributed by atoms with van der Waals surface area (Å²) in [5.41, 5.74) is 0. The summed E-state index contributed by atoms with van der Waals surface area (Å²) in [6.45, 7) is 7.22. The summed E-state index contributed by atoms with van der Waals surface area (Å²) in [6, 6.07) is 0.